The van der Waals surface area contributed by atoms with Crippen LogP contribution in [-0.4, -0.2) is 47.0 Å². The van der Waals surface area contributed by atoms with E-state index in [0.29, 0.717) is 13.1 Å². The second-order valence-corrected chi connectivity index (χ2v) is 5.83. The molecule has 5 nitrogen and oxygen atoms in total. The summed E-state index contributed by atoms with van der Waals surface area (Å²) in [4.78, 5) is 27.5. The molecule has 0 saturated carbocycles. The first kappa shape index (κ1) is 13.9. The molecule has 2 heterocycles. The van der Waals surface area contributed by atoms with Crippen molar-refractivity contribution in [1.29, 1.82) is 0 Å². The van der Waals surface area contributed by atoms with Gasteiger partial charge in [-0.2, -0.15) is 0 Å². The molecule has 1 aromatic rings. The zero-order valence-corrected chi connectivity index (χ0v) is 12.4. The SMILES string of the molecule is Cc1cccc(OC(C)CN2C(=O)C3CCCN3C2=O)c1. The maximum atomic E-state index is 12.2. The van der Waals surface area contributed by atoms with Gasteiger partial charge in [0.15, 0.2) is 0 Å². The lowest BCUT2D eigenvalue weighted by molar-refractivity contribution is -0.128. The maximum Gasteiger partial charge on any atom is 0.327 e. The van der Waals surface area contributed by atoms with E-state index in [1.807, 2.05) is 38.1 Å². The van der Waals surface area contributed by atoms with Gasteiger partial charge < -0.3 is 9.64 Å². The number of aryl methyl sites for hydroxylation is 1. The van der Waals surface area contributed by atoms with E-state index in [9.17, 15) is 9.59 Å². The summed E-state index contributed by atoms with van der Waals surface area (Å²) in [6, 6.07) is 7.36. The molecule has 112 valence electrons. The minimum atomic E-state index is -0.233. The number of hydrogen-bond donors (Lipinski definition) is 0. The standard InChI is InChI=1S/C16H20N2O3/c1-11-5-3-6-13(9-11)21-12(2)10-18-15(19)14-7-4-8-17(14)16(18)20/h3,5-6,9,12,14H,4,7-8,10H2,1-2H3. The van der Waals surface area contributed by atoms with E-state index in [0.717, 1.165) is 24.2 Å². The second kappa shape index (κ2) is 5.39. The molecule has 2 aliphatic rings. The molecule has 0 bridgehead atoms. The number of carbonyl (C=O) groups is 2. The molecule has 21 heavy (non-hydrogen) atoms. The number of carbonyl (C=O) groups excluding carboxylic acids is 2. The van der Waals surface area contributed by atoms with Crippen LogP contribution < -0.4 is 4.74 Å². The zero-order valence-electron chi connectivity index (χ0n) is 12.4. The molecule has 2 fully saturated rings. The van der Waals surface area contributed by atoms with Crippen LogP contribution in [0, 0.1) is 6.92 Å². The molecule has 2 atom stereocenters. The fourth-order valence-corrected chi connectivity index (χ4v) is 3.07. The number of ether oxygens (including phenoxy) is 1. The molecule has 0 N–H and O–H groups in total. The van der Waals surface area contributed by atoms with Crippen LogP contribution in [0.1, 0.15) is 25.3 Å². The third-order valence-corrected chi connectivity index (χ3v) is 4.05. The van der Waals surface area contributed by atoms with Crippen LogP contribution in [0.3, 0.4) is 0 Å². The first-order chi connectivity index (χ1) is 10.1. The monoisotopic (exact) mass is 288 g/mol. The van der Waals surface area contributed by atoms with Gasteiger partial charge in [-0.1, -0.05) is 12.1 Å². The van der Waals surface area contributed by atoms with E-state index in [-0.39, 0.29) is 24.1 Å². The lowest BCUT2D eigenvalue weighted by Crippen LogP contribution is -2.39. The second-order valence-electron chi connectivity index (χ2n) is 5.83. The van der Waals surface area contributed by atoms with E-state index < -0.39 is 0 Å². The number of benzene rings is 1. The van der Waals surface area contributed by atoms with Crippen molar-refractivity contribution >= 4 is 11.9 Å². The summed E-state index contributed by atoms with van der Waals surface area (Å²) in [5.41, 5.74) is 1.12. The Morgan fingerprint density at radius 2 is 2.19 bits per heavy atom. The summed E-state index contributed by atoms with van der Waals surface area (Å²) in [6.45, 7) is 4.88. The largest absolute Gasteiger partial charge is 0.489 e. The van der Waals surface area contributed by atoms with Gasteiger partial charge in [-0.05, 0) is 44.4 Å². The van der Waals surface area contributed by atoms with Crippen LogP contribution in [0.25, 0.3) is 0 Å². The molecule has 1 aromatic carbocycles. The van der Waals surface area contributed by atoms with E-state index in [1.54, 1.807) is 4.90 Å². The normalized spacial score (nSPS) is 22.7. The molecule has 3 amide bonds. The molecule has 2 unspecified atom stereocenters. The Morgan fingerprint density at radius 3 is 2.90 bits per heavy atom. The smallest absolute Gasteiger partial charge is 0.327 e. The maximum absolute atomic E-state index is 12.2. The van der Waals surface area contributed by atoms with Crippen molar-refractivity contribution in [2.45, 2.75) is 38.8 Å². The molecule has 0 aromatic heterocycles. The average Bonchev–Trinajstić information content (AvgIpc) is 2.99. The highest BCUT2D eigenvalue weighted by Crippen LogP contribution is 2.27. The van der Waals surface area contributed by atoms with Gasteiger partial charge in [-0.25, -0.2) is 4.79 Å². The molecule has 2 saturated heterocycles. The van der Waals surface area contributed by atoms with Crippen LogP contribution in [0.5, 0.6) is 5.75 Å². The minimum absolute atomic E-state index is 0.0720. The minimum Gasteiger partial charge on any atom is -0.489 e. The van der Waals surface area contributed by atoms with Gasteiger partial charge >= 0.3 is 6.03 Å². The first-order valence-corrected chi connectivity index (χ1v) is 7.41. The molecule has 5 heteroatoms. The number of urea groups is 1. The number of rotatable bonds is 4. The van der Waals surface area contributed by atoms with E-state index in [2.05, 4.69) is 0 Å². The third-order valence-electron chi connectivity index (χ3n) is 4.05. The van der Waals surface area contributed by atoms with Gasteiger partial charge in [0, 0.05) is 6.54 Å². The van der Waals surface area contributed by atoms with E-state index >= 15 is 0 Å². The van der Waals surface area contributed by atoms with Crippen molar-refractivity contribution in [3.05, 3.63) is 29.8 Å². The predicted molar refractivity (Wildman–Crippen MR) is 78.1 cm³/mol. The van der Waals surface area contributed by atoms with Gasteiger partial charge in [-0.15, -0.1) is 0 Å². The van der Waals surface area contributed by atoms with Crippen LogP contribution in [0.2, 0.25) is 0 Å². The highest BCUT2D eigenvalue weighted by molar-refractivity contribution is 6.04. The van der Waals surface area contributed by atoms with Crippen molar-refractivity contribution in [2.75, 3.05) is 13.1 Å². The highest BCUT2D eigenvalue weighted by atomic mass is 16.5. The van der Waals surface area contributed by atoms with Gasteiger partial charge in [-0.3, -0.25) is 9.69 Å². The molecule has 0 aliphatic carbocycles. The first-order valence-electron chi connectivity index (χ1n) is 7.41. The molecule has 0 radical (unpaired) electrons. The summed E-state index contributed by atoms with van der Waals surface area (Å²) >= 11 is 0. The number of hydrogen-bond acceptors (Lipinski definition) is 3. The van der Waals surface area contributed by atoms with Crippen LogP contribution in [0.15, 0.2) is 24.3 Å². The van der Waals surface area contributed by atoms with Gasteiger partial charge in [0.1, 0.15) is 17.9 Å². The van der Waals surface area contributed by atoms with E-state index in [4.69, 9.17) is 4.74 Å². The van der Waals surface area contributed by atoms with Gasteiger partial charge in [0.2, 0.25) is 0 Å². The van der Waals surface area contributed by atoms with Crippen molar-refractivity contribution in [1.82, 2.24) is 9.80 Å². The Hall–Kier alpha value is -2.04. The zero-order chi connectivity index (χ0) is 15.0. The summed E-state index contributed by atoms with van der Waals surface area (Å²) in [7, 11) is 0. The Bertz CT molecular complexity index is 550. The quantitative estimate of drug-likeness (QED) is 0.798. The Balaban J connectivity index is 1.64. The average molecular weight is 288 g/mol. The number of fused-ring (bicyclic) bond motifs is 1. The molecular weight excluding hydrogens is 268 g/mol. The Kier molecular flexibility index (Phi) is 3.57. The summed E-state index contributed by atoms with van der Waals surface area (Å²) < 4.78 is 5.81. The summed E-state index contributed by atoms with van der Waals surface area (Å²) in [5, 5.41) is 0. The summed E-state index contributed by atoms with van der Waals surface area (Å²) in [5.74, 6) is 0.694. The van der Waals surface area contributed by atoms with Crippen molar-refractivity contribution in [3.63, 3.8) is 0 Å². The van der Waals surface area contributed by atoms with Crippen LogP contribution >= 0.6 is 0 Å². The fourth-order valence-electron chi connectivity index (χ4n) is 3.07. The topological polar surface area (TPSA) is 49.9 Å². The number of imide groups is 1. The number of nitrogens with zero attached hydrogens (tertiary/aromatic N) is 2. The lowest BCUT2D eigenvalue weighted by Gasteiger charge is -2.21. The lowest BCUT2D eigenvalue weighted by atomic mass is 10.2. The summed E-state index contributed by atoms with van der Waals surface area (Å²) in [6.07, 6.45) is 1.49. The molecule has 0 spiro atoms. The number of amides is 3. The Labute approximate surface area is 124 Å². The molecular formula is C16H20N2O3. The van der Waals surface area contributed by atoms with Crippen molar-refractivity contribution in [3.8, 4) is 5.75 Å². The van der Waals surface area contributed by atoms with Crippen molar-refractivity contribution in [2.24, 2.45) is 0 Å². The van der Waals surface area contributed by atoms with Crippen molar-refractivity contribution < 1.29 is 14.3 Å². The third kappa shape index (κ3) is 2.60. The predicted octanol–water partition coefficient (Wildman–Crippen LogP) is 2.19. The molecule has 3 rings (SSSR count). The fraction of sp³-hybridized carbons (Fsp3) is 0.500. The van der Waals surface area contributed by atoms with E-state index in [1.165, 1.54) is 4.90 Å². The Morgan fingerprint density at radius 1 is 1.38 bits per heavy atom. The van der Waals surface area contributed by atoms with Crippen LogP contribution in [-0.2, 0) is 4.79 Å². The van der Waals surface area contributed by atoms with Gasteiger partial charge in [0.05, 0.1) is 6.54 Å². The highest BCUT2D eigenvalue weighted by Gasteiger charge is 2.47. The molecule has 2 aliphatic heterocycles. The van der Waals surface area contributed by atoms with Crippen LogP contribution in [0.4, 0.5) is 4.79 Å². The van der Waals surface area contributed by atoms with Gasteiger partial charge in [0.25, 0.3) is 5.91 Å².